The second kappa shape index (κ2) is 5.62. The Morgan fingerprint density at radius 1 is 1.24 bits per heavy atom. The lowest BCUT2D eigenvalue weighted by molar-refractivity contribution is 0.203. The topological polar surface area (TPSA) is 62.1 Å². The van der Waals surface area contributed by atoms with Gasteiger partial charge in [0.2, 0.25) is 0 Å². The first-order valence-corrected chi connectivity index (χ1v) is 7.64. The smallest absolute Gasteiger partial charge is 0.189 e. The summed E-state index contributed by atoms with van der Waals surface area (Å²) >= 11 is 0. The Balaban J connectivity index is 1.92. The van der Waals surface area contributed by atoms with Crippen molar-refractivity contribution in [1.82, 2.24) is 9.88 Å². The molecule has 1 aromatic heterocycles. The van der Waals surface area contributed by atoms with Gasteiger partial charge in [-0.1, -0.05) is 6.07 Å². The first kappa shape index (κ1) is 14.3. The third-order valence-electron chi connectivity index (χ3n) is 4.36. The number of nitrogens with zero attached hydrogens (tertiary/aromatic N) is 1. The molecule has 3 rings (SSSR count). The summed E-state index contributed by atoms with van der Waals surface area (Å²) in [6.07, 6.45) is 2.08. The summed E-state index contributed by atoms with van der Waals surface area (Å²) in [5.41, 5.74) is 10.3. The van der Waals surface area contributed by atoms with Crippen LogP contribution in [0.1, 0.15) is 29.7 Å². The monoisotopic (exact) mass is 285 g/mol. The first-order valence-electron chi connectivity index (χ1n) is 7.64. The molecule has 0 bridgehead atoms. The van der Waals surface area contributed by atoms with Crippen molar-refractivity contribution in [3.05, 3.63) is 45.2 Å². The Kier molecular flexibility index (Phi) is 3.83. The molecule has 0 spiro atoms. The molecule has 1 aliphatic heterocycles. The summed E-state index contributed by atoms with van der Waals surface area (Å²) in [5.74, 6) is 0. The van der Waals surface area contributed by atoms with Gasteiger partial charge in [0.15, 0.2) is 5.43 Å². The molecule has 1 saturated heterocycles. The zero-order chi connectivity index (χ0) is 15.0. The molecule has 2 aromatic rings. The summed E-state index contributed by atoms with van der Waals surface area (Å²) in [7, 11) is 0. The molecule has 0 saturated carbocycles. The van der Waals surface area contributed by atoms with Gasteiger partial charge < -0.3 is 10.7 Å². The van der Waals surface area contributed by atoms with E-state index < -0.39 is 0 Å². The molecule has 0 amide bonds. The number of benzene rings is 1. The Hall–Kier alpha value is -1.65. The van der Waals surface area contributed by atoms with Gasteiger partial charge in [0.25, 0.3) is 0 Å². The molecular formula is C17H23N3O. The lowest BCUT2D eigenvalue weighted by atomic mass is 10.0. The average Bonchev–Trinajstić information content (AvgIpc) is 2.43. The van der Waals surface area contributed by atoms with Crippen LogP contribution in [0.4, 0.5) is 0 Å². The number of aromatic nitrogens is 1. The zero-order valence-corrected chi connectivity index (χ0v) is 12.8. The molecule has 1 aromatic carbocycles. The van der Waals surface area contributed by atoms with Gasteiger partial charge in [-0.3, -0.25) is 9.69 Å². The van der Waals surface area contributed by atoms with Gasteiger partial charge in [-0.25, -0.2) is 0 Å². The molecule has 4 heteroatoms. The maximum absolute atomic E-state index is 12.3. The molecule has 2 heterocycles. The van der Waals surface area contributed by atoms with Crippen molar-refractivity contribution >= 4 is 10.9 Å². The van der Waals surface area contributed by atoms with Gasteiger partial charge in [0.1, 0.15) is 0 Å². The zero-order valence-electron chi connectivity index (χ0n) is 12.8. The summed E-state index contributed by atoms with van der Waals surface area (Å²) in [6, 6.07) is 6.16. The predicted octanol–water partition coefficient (Wildman–Crippen LogP) is 2.07. The highest BCUT2D eigenvalue weighted by Gasteiger charge is 2.16. The normalized spacial score (nSPS) is 17.5. The van der Waals surface area contributed by atoms with E-state index in [1.807, 2.05) is 13.0 Å². The average molecular weight is 285 g/mol. The van der Waals surface area contributed by atoms with Crippen LogP contribution in [0.15, 0.2) is 23.0 Å². The Morgan fingerprint density at radius 2 is 1.95 bits per heavy atom. The fraction of sp³-hybridized carbons (Fsp3) is 0.471. The SMILES string of the molecule is Cc1cc(C)c2[nH]c(CN3CCC(N)CC3)cc(=O)c2c1. The largest absolute Gasteiger partial charge is 0.357 e. The number of fused-ring (bicyclic) bond motifs is 1. The minimum atomic E-state index is 0.110. The van der Waals surface area contributed by atoms with Crippen LogP contribution in [0.5, 0.6) is 0 Å². The maximum atomic E-state index is 12.3. The van der Waals surface area contributed by atoms with Crippen LogP contribution < -0.4 is 11.2 Å². The number of piperidine rings is 1. The van der Waals surface area contributed by atoms with E-state index in [0.717, 1.165) is 60.2 Å². The number of H-pyrrole nitrogens is 1. The minimum Gasteiger partial charge on any atom is -0.357 e. The Labute approximate surface area is 125 Å². The number of nitrogens with one attached hydrogen (secondary N) is 1. The van der Waals surface area contributed by atoms with Gasteiger partial charge in [0, 0.05) is 42.8 Å². The number of aromatic amines is 1. The van der Waals surface area contributed by atoms with Gasteiger partial charge in [-0.05, 0) is 43.9 Å². The van der Waals surface area contributed by atoms with Crippen molar-refractivity contribution in [3.63, 3.8) is 0 Å². The van der Waals surface area contributed by atoms with Crippen molar-refractivity contribution in [3.8, 4) is 0 Å². The fourth-order valence-electron chi connectivity index (χ4n) is 3.20. The summed E-state index contributed by atoms with van der Waals surface area (Å²) in [5, 5.41) is 0.789. The highest BCUT2D eigenvalue weighted by Crippen LogP contribution is 2.17. The molecule has 0 aliphatic carbocycles. The molecule has 0 atom stereocenters. The number of hydrogen-bond acceptors (Lipinski definition) is 3. The third kappa shape index (κ3) is 3.01. The van der Waals surface area contributed by atoms with Crippen LogP contribution in [-0.4, -0.2) is 29.0 Å². The molecule has 21 heavy (non-hydrogen) atoms. The number of pyridine rings is 1. The van der Waals surface area contributed by atoms with Crippen molar-refractivity contribution in [2.24, 2.45) is 5.73 Å². The van der Waals surface area contributed by atoms with Gasteiger partial charge >= 0.3 is 0 Å². The van der Waals surface area contributed by atoms with E-state index in [0.29, 0.717) is 6.04 Å². The predicted molar refractivity (Wildman–Crippen MR) is 86.5 cm³/mol. The van der Waals surface area contributed by atoms with Gasteiger partial charge in [-0.2, -0.15) is 0 Å². The summed E-state index contributed by atoms with van der Waals surface area (Å²) in [6.45, 7) is 6.89. The molecule has 0 radical (unpaired) electrons. The van der Waals surface area contributed by atoms with Crippen LogP contribution in [0, 0.1) is 13.8 Å². The van der Waals surface area contributed by atoms with E-state index in [9.17, 15) is 4.79 Å². The second-order valence-corrected chi connectivity index (χ2v) is 6.28. The highest BCUT2D eigenvalue weighted by atomic mass is 16.1. The number of aryl methyl sites for hydroxylation is 2. The van der Waals surface area contributed by atoms with E-state index in [4.69, 9.17) is 5.73 Å². The first-order chi connectivity index (χ1) is 10.0. The number of likely N-dealkylation sites (tertiary alicyclic amines) is 1. The second-order valence-electron chi connectivity index (χ2n) is 6.28. The molecule has 1 fully saturated rings. The molecular weight excluding hydrogens is 262 g/mol. The van der Waals surface area contributed by atoms with Crippen LogP contribution in [0.3, 0.4) is 0 Å². The Bertz CT molecular complexity index is 712. The molecule has 1 aliphatic rings. The van der Waals surface area contributed by atoms with E-state index in [2.05, 4.69) is 22.9 Å². The van der Waals surface area contributed by atoms with E-state index in [1.165, 1.54) is 0 Å². The van der Waals surface area contributed by atoms with Crippen molar-refractivity contribution in [2.75, 3.05) is 13.1 Å². The molecule has 3 N–H and O–H groups in total. The van der Waals surface area contributed by atoms with Crippen LogP contribution in [-0.2, 0) is 6.54 Å². The van der Waals surface area contributed by atoms with Crippen LogP contribution in [0.2, 0.25) is 0 Å². The van der Waals surface area contributed by atoms with E-state index in [1.54, 1.807) is 6.07 Å². The number of rotatable bonds is 2. The molecule has 112 valence electrons. The van der Waals surface area contributed by atoms with Gasteiger partial charge in [-0.15, -0.1) is 0 Å². The minimum absolute atomic E-state index is 0.110. The highest BCUT2D eigenvalue weighted by molar-refractivity contribution is 5.82. The Morgan fingerprint density at radius 3 is 2.67 bits per heavy atom. The quantitative estimate of drug-likeness (QED) is 0.888. The standard InChI is InChI=1S/C17H23N3O/c1-11-7-12(2)17-15(8-11)16(21)9-14(19-17)10-20-5-3-13(18)4-6-20/h7-9,13H,3-6,10,18H2,1-2H3,(H,19,21). The lowest BCUT2D eigenvalue weighted by Gasteiger charge is -2.29. The number of nitrogens with two attached hydrogens (primary N) is 1. The summed E-state index contributed by atoms with van der Waals surface area (Å²) in [4.78, 5) is 18.2. The van der Waals surface area contributed by atoms with E-state index >= 15 is 0 Å². The lowest BCUT2D eigenvalue weighted by Crippen LogP contribution is -2.39. The molecule has 0 unspecified atom stereocenters. The number of hydrogen-bond donors (Lipinski definition) is 2. The molecule has 4 nitrogen and oxygen atoms in total. The van der Waals surface area contributed by atoms with Crippen molar-refractivity contribution < 1.29 is 0 Å². The van der Waals surface area contributed by atoms with Crippen LogP contribution in [0.25, 0.3) is 10.9 Å². The van der Waals surface area contributed by atoms with E-state index in [-0.39, 0.29) is 5.43 Å². The maximum Gasteiger partial charge on any atom is 0.189 e. The third-order valence-corrected chi connectivity index (χ3v) is 4.36. The van der Waals surface area contributed by atoms with Crippen molar-refractivity contribution in [1.29, 1.82) is 0 Å². The van der Waals surface area contributed by atoms with Crippen LogP contribution >= 0.6 is 0 Å². The summed E-state index contributed by atoms with van der Waals surface area (Å²) < 4.78 is 0. The fourth-order valence-corrected chi connectivity index (χ4v) is 3.20. The van der Waals surface area contributed by atoms with Gasteiger partial charge in [0.05, 0.1) is 5.52 Å². The van der Waals surface area contributed by atoms with Crippen molar-refractivity contribution in [2.45, 2.75) is 39.3 Å².